The highest BCUT2D eigenvalue weighted by Crippen LogP contribution is 2.50. The highest BCUT2D eigenvalue weighted by Gasteiger charge is 2.49. The van der Waals surface area contributed by atoms with Crippen LogP contribution in [0.3, 0.4) is 0 Å². The minimum absolute atomic E-state index is 0.0138. The van der Waals surface area contributed by atoms with E-state index in [0.717, 1.165) is 49.0 Å². The van der Waals surface area contributed by atoms with Crippen LogP contribution in [-0.2, 0) is 23.6 Å². The first-order valence-corrected chi connectivity index (χ1v) is 13.1. The lowest BCUT2D eigenvalue weighted by Gasteiger charge is -2.44. The molecule has 33 heavy (non-hydrogen) atoms. The zero-order valence-corrected chi connectivity index (χ0v) is 20.2. The van der Waals surface area contributed by atoms with E-state index in [4.69, 9.17) is 5.14 Å². The number of anilines is 1. The molecule has 3 heterocycles. The van der Waals surface area contributed by atoms with Gasteiger partial charge < -0.3 is 15.1 Å². The number of nitrogens with two attached hydrogens (primary N) is 1. The largest absolute Gasteiger partial charge is 0.347 e. The maximum atomic E-state index is 13.7. The SMILES string of the molecule is C[C@@H]1CC(c2cc(S(N)(=O)=O)cc3c2N(C2(C)CC2)CN(Cc2cnn(C)c2)C3=O)CCN1. The smallest absolute Gasteiger partial charge is 0.257 e. The summed E-state index contributed by atoms with van der Waals surface area (Å²) in [6.07, 6.45) is 7.52. The van der Waals surface area contributed by atoms with Gasteiger partial charge in [0.15, 0.2) is 0 Å². The third kappa shape index (κ3) is 4.15. The van der Waals surface area contributed by atoms with Gasteiger partial charge in [-0.3, -0.25) is 9.48 Å². The number of fused-ring (bicyclic) bond motifs is 1. The first kappa shape index (κ1) is 22.4. The Labute approximate surface area is 195 Å². The van der Waals surface area contributed by atoms with E-state index in [1.807, 2.05) is 13.2 Å². The van der Waals surface area contributed by atoms with Crippen molar-refractivity contribution in [3.63, 3.8) is 0 Å². The lowest BCUT2D eigenvalue weighted by atomic mass is 9.83. The Balaban J connectivity index is 1.65. The van der Waals surface area contributed by atoms with Gasteiger partial charge >= 0.3 is 0 Å². The zero-order chi connectivity index (χ0) is 23.5. The average molecular weight is 473 g/mol. The van der Waals surface area contributed by atoms with Gasteiger partial charge in [-0.1, -0.05) is 0 Å². The molecule has 1 aliphatic carbocycles. The fourth-order valence-electron chi connectivity index (χ4n) is 5.25. The summed E-state index contributed by atoms with van der Waals surface area (Å²) in [7, 11) is -2.12. The van der Waals surface area contributed by atoms with E-state index < -0.39 is 10.0 Å². The highest BCUT2D eigenvalue weighted by atomic mass is 32.2. The van der Waals surface area contributed by atoms with Crippen LogP contribution in [0, 0.1) is 0 Å². The maximum Gasteiger partial charge on any atom is 0.257 e. The second-order valence-electron chi connectivity index (χ2n) is 10.1. The Bertz CT molecular complexity index is 1200. The second-order valence-corrected chi connectivity index (χ2v) is 11.7. The van der Waals surface area contributed by atoms with Crippen molar-refractivity contribution in [3.05, 3.63) is 41.2 Å². The number of piperidine rings is 1. The topological polar surface area (TPSA) is 114 Å². The van der Waals surface area contributed by atoms with Gasteiger partial charge in [0.05, 0.1) is 35.6 Å². The van der Waals surface area contributed by atoms with Gasteiger partial charge in [-0.25, -0.2) is 13.6 Å². The number of nitrogens with zero attached hydrogens (tertiary/aromatic N) is 4. The Kier molecular flexibility index (Phi) is 5.30. The van der Waals surface area contributed by atoms with Crippen molar-refractivity contribution in [2.75, 3.05) is 18.1 Å². The number of benzene rings is 1. The molecule has 0 radical (unpaired) electrons. The number of aromatic nitrogens is 2. The van der Waals surface area contributed by atoms with Crippen molar-refractivity contribution < 1.29 is 13.2 Å². The molecule has 1 aromatic carbocycles. The van der Waals surface area contributed by atoms with Crippen LogP contribution in [-0.4, -0.2) is 53.8 Å². The van der Waals surface area contributed by atoms with Crippen LogP contribution in [0.25, 0.3) is 0 Å². The van der Waals surface area contributed by atoms with E-state index in [9.17, 15) is 13.2 Å². The molecule has 2 aromatic rings. The Morgan fingerprint density at radius 3 is 2.67 bits per heavy atom. The van der Waals surface area contributed by atoms with E-state index in [0.29, 0.717) is 24.8 Å². The summed E-state index contributed by atoms with van der Waals surface area (Å²) in [5.41, 5.74) is 3.16. The molecule has 2 aliphatic heterocycles. The third-order valence-electron chi connectivity index (χ3n) is 7.36. The molecule has 1 amide bonds. The summed E-state index contributed by atoms with van der Waals surface area (Å²) in [6, 6.07) is 3.53. The van der Waals surface area contributed by atoms with Gasteiger partial charge in [0.25, 0.3) is 5.91 Å². The predicted molar refractivity (Wildman–Crippen MR) is 125 cm³/mol. The molecular weight excluding hydrogens is 440 g/mol. The summed E-state index contributed by atoms with van der Waals surface area (Å²) in [6.45, 7) is 6.11. The second kappa shape index (κ2) is 7.82. The molecule has 1 aromatic heterocycles. The molecule has 1 saturated heterocycles. The lowest BCUT2D eigenvalue weighted by Crippen LogP contribution is -2.51. The normalized spacial score (nSPS) is 24.7. The summed E-state index contributed by atoms with van der Waals surface area (Å²) < 4.78 is 26.5. The van der Waals surface area contributed by atoms with Gasteiger partial charge in [0, 0.05) is 30.4 Å². The van der Waals surface area contributed by atoms with Gasteiger partial charge in [-0.2, -0.15) is 5.10 Å². The number of aryl methyl sites for hydroxylation is 1. The van der Waals surface area contributed by atoms with Gasteiger partial charge in [0.2, 0.25) is 10.0 Å². The maximum absolute atomic E-state index is 13.7. The van der Waals surface area contributed by atoms with Gasteiger partial charge in [-0.05, 0) is 69.7 Å². The molecule has 1 unspecified atom stereocenters. The van der Waals surface area contributed by atoms with E-state index in [1.54, 1.807) is 21.8 Å². The van der Waals surface area contributed by atoms with Gasteiger partial charge in [0.1, 0.15) is 0 Å². The summed E-state index contributed by atoms with van der Waals surface area (Å²) >= 11 is 0. The zero-order valence-electron chi connectivity index (χ0n) is 19.4. The molecule has 2 fully saturated rings. The lowest BCUT2D eigenvalue weighted by molar-refractivity contribution is 0.0721. The van der Waals surface area contributed by atoms with E-state index in [1.165, 1.54) is 6.07 Å². The van der Waals surface area contributed by atoms with Crippen molar-refractivity contribution in [2.24, 2.45) is 12.2 Å². The Morgan fingerprint density at radius 2 is 2.06 bits per heavy atom. The molecule has 178 valence electrons. The molecule has 5 rings (SSSR count). The van der Waals surface area contributed by atoms with Crippen LogP contribution in [0.1, 0.15) is 66.9 Å². The monoisotopic (exact) mass is 472 g/mol. The van der Waals surface area contributed by atoms with Crippen LogP contribution in [0.15, 0.2) is 29.4 Å². The van der Waals surface area contributed by atoms with Crippen molar-refractivity contribution >= 4 is 21.6 Å². The number of hydrogen-bond acceptors (Lipinski definition) is 6. The molecule has 3 aliphatic rings. The Hall–Kier alpha value is -2.43. The molecule has 2 atom stereocenters. The molecular formula is C23H32N6O3S. The number of carbonyl (C=O) groups excluding carboxylic acids is 1. The average Bonchev–Trinajstić information content (AvgIpc) is 3.37. The van der Waals surface area contributed by atoms with Crippen molar-refractivity contribution in [3.8, 4) is 0 Å². The molecule has 3 N–H and O–H groups in total. The molecule has 0 bridgehead atoms. The van der Waals surface area contributed by atoms with E-state index >= 15 is 0 Å². The molecule has 0 spiro atoms. The van der Waals surface area contributed by atoms with Crippen LogP contribution in [0.2, 0.25) is 0 Å². The molecule has 9 nitrogen and oxygen atoms in total. The van der Waals surface area contributed by atoms with Crippen molar-refractivity contribution in [1.82, 2.24) is 20.0 Å². The number of rotatable bonds is 5. The number of sulfonamides is 1. The van der Waals surface area contributed by atoms with Crippen LogP contribution < -0.4 is 15.4 Å². The third-order valence-corrected chi connectivity index (χ3v) is 8.25. The van der Waals surface area contributed by atoms with Crippen LogP contribution in [0.5, 0.6) is 0 Å². The summed E-state index contributed by atoms with van der Waals surface area (Å²) in [5.74, 6) is 0.00214. The fraction of sp³-hybridized carbons (Fsp3) is 0.565. The van der Waals surface area contributed by atoms with Crippen molar-refractivity contribution in [2.45, 2.75) is 68.5 Å². The number of hydrogen-bond donors (Lipinski definition) is 2. The van der Waals surface area contributed by atoms with Crippen LogP contribution in [0.4, 0.5) is 5.69 Å². The first-order chi connectivity index (χ1) is 15.5. The molecule has 1 saturated carbocycles. The number of carbonyl (C=O) groups is 1. The summed E-state index contributed by atoms with van der Waals surface area (Å²) in [5, 5.41) is 13.3. The van der Waals surface area contributed by atoms with Gasteiger partial charge in [-0.15, -0.1) is 0 Å². The van der Waals surface area contributed by atoms with Crippen molar-refractivity contribution in [1.29, 1.82) is 0 Å². The fourth-order valence-corrected chi connectivity index (χ4v) is 5.82. The van der Waals surface area contributed by atoms with Crippen LogP contribution >= 0.6 is 0 Å². The summed E-state index contributed by atoms with van der Waals surface area (Å²) in [4.78, 5) is 17.8. The number of amides is 1. The standard InChI is InChI=1S/C23H32N6O3S/c1-15-8-17(4-7-25-15)19-9-18(33(24,31)32)10-20-21(19)29(23(2)5-6-23)14-28(22(20)30)13-16-11-26-27(3)12-16/h9-12,15,17,25H,4-8,13-14H2,1-3H3,(H2,24,31,32)/t15-,17?/m1/s1. The highest BCUT2D eigenvalue weighted by molar-refractivity contribution is 7.89. The number of nitrogens with one attached hydrogen (secondary N) is 1. The predicted octanol–water partition coefficient (Wildman–Crippen LogP) is 1.90. The molecule has 10 heteroatoms. The Morgan fingerprint density at radius 1 is 1.30 bits per heavy atom. The minimum atomic E-state index is -3.96. The van der Waals surface area contributed by atoms with E-state index in [2.05, 4.69) is 29.2 Å². The minimum Gasteiger partial charge on any atom is -0.347 e. The quantitative estimate of drug-likeness (QED) is 0.687. The number of primary sulfonamides is 1. The van der Waals surface area contributed by atoms with E-state index in [-0.39, 0.29) is 22.3 Å². The first-order valence-electron chi connectivity index (χ1n) is 11.5.